The first-order valence-corrected chi connectivity index (χ1v) is 12.6. The molecular weight excluding hydrogens is 414 g/mol. The first-order valence-electron chi connectivity index (χ1n) is 10.9. The molecule has 0 radical (unpaired) electrons. The van der Waals surface area contributed by atoms with Crippen LogP contribution < -0.4 is 0 Å². The number of rotatable bonds is 9. The molecule has 1 atom stereocenters. The molecule has 170 valence electrons. The lowest BCUT2D eigenvalue weighted by Gasteiger charge is -2.29. The van der Waals surface area contributed by atoms with E-state index in [1.54, 1.807) is 27.8 Å². The lowest BCUT2D eigenvalue weighted by atomic mass is 10.1. The molecule has 1 saturated heterocycles. The number of sulfone groups is 1. The zero-order chi connectivity index (χ0) is 22.6. The number of carbonyl (C=O) groups excluding carboxylic acids is 1. The Balaban J connectivity index is 1.96. The monoisotopic (exact) mass is 447 g/mol. The predicted molar refractivity (Wildman–Crippen MR) is 119 cm³/mol. The lowest BCUT2D eigenvalue weighted by Crippen LogP contribution is -2.39. The van der Waals surface area contributed by atoms with Gasteiger partial charge in [-0.1, -0.05) is 44.2 Å². The zero-order valence-corrected chi connectivity index (χ0v) is 19.6. The smallest absolute Gasteiger partial charge is 0.228 e. The fourth-order valence-corrected chi connectivity index (χ4v) is 5.33. The van der Waals surface area contributed by atoms with Gasteiger partial charge < -0.3 is 14.2 Å². The third-order valence-corrected chi connectivity index (χ3v) is 7.12. The van der Waals surface area contributed by atoms with Crippen molar-refractivity contribution in [3.05, 3.63) is 47.8 Å². The van der Waals surface area contributed by atoms with Crippen LogP contribution in [0.4, 0.5) is 0 Å². The van der Waals surface area contributed by atoms with Crippen molar-refractivity contribution >= 4 is 15.7 Å². The van der Waals surface area contributed by atoms with E-state index in [4.69, 9.17) is 4.74 Å². The summed E-state index contributed by atoms with van der Waals surface area (Å²) in [6.07, 6.45) is 3.39. The molecule has 0 aliphatic carbocycles. The van der Waals surface area contributed by atoms with Crippen LogP contribution >= 0.6 is 0 Å². The molecule has 0 saturated carbocycles. The lowest BCUT2D eigenvalue weighted by molar-refractivity contribution is -0.137. The minimum Gasteiger partial charge on any atom is -0.376 e. The van der Waals surface area contributed by atoms with Crippen LogP contribution in [0.3, 0.4) is 0 Å². The molecule has 31 heavy (non-hydrogen) atoms. The van der Waals surface area contributed by atoms with Gasteiger partial charge >= 0.3 is 0 Å². The maximum absolute atomic E-state index is 13.3. The normalized spacial score (nSPS) is 16.9. The molecular formula is C23H33N3O4S. The summed E-state index contributed by atoms with van der Waals surface area (Å²) in [7, 11) is -3.66. The SMILES string of the molecule is CC(C)C(=O)N(Cc1cnc(S(=O)(=O)Cc2ccccc2)n1CC1CCCO1)C(C)C. The highest BCUT2D eigenvalue weighted by Crippen LogP contribution is 2.23. The van der Waals surface area contributed by atoms with Gasteiger partial charge in [-0.3, -0.25) is 4.79 Å². The maximum atomic E-state index is 13.3. The van der Waals surface area contributed by atoms with Crippen LogP contribution in [0.15, 0.2) is 41.7 Å². The van der Waals surface area contributed by atoms with Gasteiger partial charge in [-0.05, 0) is 32.3 Å². The molecule has 0 N–H and O–H groups in total. The van der Waals surface area contributed by atoms with E-state index in [0.29, 0.717) is 25.4 Å². The average Bonchev–Trinajstić information content (AvgIpc) is 3.36. The first-order chi connectivity index (χ1) is 14.7. The van der Waals surface area contributed by atoms with Gasteiger partial charge in [0.05, 0.1) is 36.8 Å². The van der Waals surface area contributed by atoms with Crippen LogP contribution in [0.1, 0.15) is 51.8 Å². The molecule has 8 heteroatoms. The average molecular weight is 448 g/mol. The molecule has 0 spiro atoms. The van der Waals surface area contributed by atoms with Crippen LogP contribution in [0, 0.1) is 5.92 Å². The Morgan fingerprint density at radius 2 is 1.94 bits per heavy atom. The third-order valence-electron chi connectivity index (χ3n) is 5.52. The Labute approximate surface area is 185 Å². The van der Waals surface area contributed by atoms with Crippen LogP contribution in [-0.2, 0) is 38.2 Å². The summed E-state index contributed by atoms with van der Waals surface area (Å²) >= 11 is 0. The minimum absolute atomic E-state index is 0.00893. The molecule has 1 aliphatic heterocycles. The maximum Gasteiger partial charge on any atom is 0.228 e. The molecule has 1 aliphatic rings. The van der Waals surface area contributed by atoms with Crippen LogP contribution in [0.25, 0.3) is 0 Å². The Morgan fingerprint density at radius 3 is 2.52 bits per heavy atom. The van der Waals surface area contributed by atoms with E-state index >= 15 is 0 Å². The summed E-state index contributed by atoms with van der Waals surface area (Å²) in [5, 5.41) is 0.0440. The number of ether oxygens (including phenoxy) is 1. The molecule has 2 aromatic rings. The van der Waals surface area contributed by atoms with E-state index in [0.717, 1.165) is 18.4 Å². The summed E-state index contributed by atoms with van der Waals surface area (Å²) in [6, 6.07) is 9.10. The molecule has 1 aromatic heterocycles. The summed E-state index contributed by atoms with van der Waals surface area (Å²) in [5.41, 5.74) is 1.43. The topological polar surface area (TPSA) is 81.5 Å². The Hall–Kier alpha value is -2.19. The third kappa shape index (κ3) is 5.74. The number of aromatic nitrogens is 2. The highest BCUT2D eigenvalue weighted by molar-refractivity contribution is 7.90. The van der Waals surface area contributed by atoms with Crippen LogP contribution in [0.5, 0.6) is 0 Å². The van der Waals surface area contributed by atoms with Crippen molar-refractivity contribution in [3.63, 3.8) is 0 Å². The van der Waals surface area contributed by atoms with Crippen molar-refractivity contribution < 1.29 is 17.9 Å². The van der Waals surface area contributed by atoms with E-state index in [-0.39, 0.29) is 34.9 Å². The van der Waals surface area contributed by atoms with E-state index in [1.165, 1.54) is 0 Å². The van der Waals surface area contributed by atoms with E-state index in [9.17, 15) is 13.2 Å². The summed E-state index contributed by atoms with van der Waals surface area (Å²) in [4.78, 5) is 18.8. The fraction of sp³-hybridized carbons (Fsp3) is 0.565. The van der Waals surface area contributed by atoms with E-state index in [2.05, 4.69) is 4.98 Å². The van der Waals surface area contributed by atoms with Crippen LogP contribution in [0.2, 0.25) is 0 Å². The van der Waals surface area contributed by atoms with Crippen molar-refractivity contribution in [1.82, 2.24) is 14.5 Å². The zero-order valence-electron chi connectivity index (χ0n) is 18.8. The van der Waals surface area contributed by atoms with Crippen molar-refractivity contribution in [2.75, 3.05) is 6.61 Å². The number of hydrogen-bond donors (Lipinski definition) is 0. The minimum atomic E-state index is -3.66. The second-order valence-corrected chi connectivity index (χ2v) is 10.6. The van der Waals surface area contributed by atoms with Crippen molar-refractivity contribution in [2.24, 2.45) is 5.92 Å². The molecule has 3 rings (SSSR count). The van der Waals surface area contributed by atoms with Crippen molar-refractivity contribution in [2.45, 2.75) is 76.7 Å². The number of hydrogen-bond acceptors (Lipinski definition) is 5. The fourth-order valence-electron chi connectivity index (χ4n) is 3.83. The van der Waals surface area contributed by atoms with Gasteiger partial charge in [0.2, 0.25) is 20.9 Å². The number of benzene rings is 1. The molecule has 2 heterocycles. The van der Waals surface area contributed by atoms with Gasteiger partial charge in [0.25, 0.3) is 0 Å². The van der Waals surface area contributed by atoms with Crippen molar-refractivity contribution in [1.29, 1.82) is 0 Å². The molecule has 1 unspecified atom stereocenters. The van der Waals surface area contributed by atoms with Gasteiger partial charge in [-0.15, -0.1) is 0 Å². The van der Waals surface area contributed by atoms with E-state index in [1.807, 2.05) is 45.9 Å². The molecule has 1 amide bonds. The van der Waals surface area contributed by atoms with E-state index < -0.39 is 9.84 Å². The standard InChI is InChI=1S/C23H33N3O4S/c1-17(2)22(27)25(18(3)4)14-20-13-24-23(26(20)15-21-11-8-12-30-21)31(28,29)16-19-9-6-5-7-10-19/h5-7,9-10,13,17-18,21H,8,11-12,14-16H2,1-4H3. The number of amides is 1. The highest BCUT2D eigenvalue weighted by atomic mass is 32.2. The molecule has 7 nitrogen and oxygen atoms in total. The van der Waals surface area contributed by atoms with Crippen LogP contribution in [-0.4, -0.2) is 47.5 Å². The second kappa shape index (κ2) is 9.96. The number of nitrogens with zero attached hydrogens (tertiary/aromatic N) is 3. The quantitative estimate of drug-likeness (QED) is 0.588. The van der Waals surface area contributed by atoms with Gasteiger partial charge in [0.15, 0.2) is 0 Å². The van der Waals surface area contributed by atoms with Gasteiger partial charge in [-0.2, -0.15) is 0 Å². The molecule has 1 aromatic carbocycles. The van der Waals surface area contributed by atoms with Gasteiger partial charge in [0, 0.05) is 18.6 Å². The largest absolute Gasteiger partial charge is 0.376 e. The molecule has 0 bridgehead atoms. The first kappa shape index (κ1) is 23.5. The Kier molecular flexibility index (Phi) is 7.54. The van der Waals surface area contributed by atoms with Gasteiger partial charge in [-0.25, -0.2) is 13.4 Å². The number of imidazole rings is 1. The number of carbonyl (C=O) groups is 1. The Morgan fingerprint density at radius 1 is 1.23 bits per heavy atom. The molecule has 1 fully saturated rings. The summed E-state index contributed by atoms with van der Waals surface area (Å²) < 4.78 is 34.1. The second-order valence-electron chi connectivity index (χ2n) is 8.74. The summed E-state index contributed by atoms with van der Waals surface area (Å²) in [5.74, 6) is -0.221. The predicted octanol–water partition coefficient (Wildman–Crippen LogP) is 3.43. The van der Waals surface area contributed by atoms with Crippen molar-refractivity contribution in [3.8, 4) is 0 Å². The Bertz CT molecular complexity index is 978. The summed E-state index contributed by atoms with van der Waals surface area (Å²) in [6.45, 7) is 9.09. The highest BCUT2D eigenvalue weighted by Gasteiger charge is 2.29. The van der Waals surface area contributed by atoms with Gasteiger partial charge in [0.1, 0.15) is 0 Å².